The van der Waals surface area contributed by atoms with Crippen molar-refractivity contribution in [2.45, 2.75) is 37.3 Å². The smallest absolute Gasteiger partial charge is 0.227 e. The summed E-state index contributed by atoms with van der Waals surface area (Å²) in [7, 11) is -3.02. The SMILES string of the molecule is O=C(NC1CCOC2(CCS(=O)(=O)C2)C1)C1COc2ccccc2C1. The van der Waals surface area contributed by atoms with E-state index in [4.69, 9.17) is 9.47 Å². The van der Waals surface area contributed by atoms with Gasteiger partial charge in [0.05, 0.1) is 23.0 Å². The van der Waals surface area contributed by atoms with E-state index < -0.39 is 15.4 Å². The van der Waals surface area contributed by atoms with Crippen LogP contribution in [0.25, 0.3) is 0 Å². The number of hydrogen-bond acceptors (Lipinski definition) is 5. The number of benzene rings is 1. The first-order valence-corrected chi connectivity index (χ1v) is 10.6. The second kappa shape index (κ2) is 6.29. The van der Waals surface area contributed by atoms with Gasteiger partial charge in [-0.1, -0.05) is 18.2 Å². The van der Waals surface area contributed by atoms with Crippen LogP contribution in [-0.4, -0.2) is 50.7 Å². The number of carbonyl (C=O) groups excluding carboxylic acids is 1. The van der Waals surface area contributed by atoms with E-state index >= 15 is 0 Å². The first-order valence-electron chi connectivity index (χ1n) is 8.80. The van der Waals surface area contributed by atoms with E-state index in [1.165, 1.54) is 0 Å². The number of hydrogen-bond donors (Lipinski definition) is 1. The second-order valence-corrected chi connectivity index (χ2v) is 9.58. The van der Waals surface area contributed by atoms with E-state index in [1.807, 2.05) is 24.3 Å². The summed E-state index contributed by atoms with van der Waals surface area (Å²) in [4.78, 5) is 12.7. The molecule has 6 nitrogen and oxygen atoms in total. The molecule has 3 unspecified atom stereocenters. The molecule has 3 atom stereocenters. The maximum absolute atomic E-state index is 12.7. The molecule has 0 radical (unpaired) electrons. The summed E-state index contributed by atoms with van der Waals surface area (Å²) in [5.41, 5.74) is 0.448. The molecule has 1 aromatic carbocycles. The summed E-state index contributed by atoms with van der Waals surface area (Å²) in [5.74, 6) is 0.888. The number of nitrogens with one attached hydrogen (secondary N) is 1. The second-order valence-electron chi connectivity index (χ2n) is 7.39. The summed E-state index contributed by atoms with van der Waals surface area (Å²) in [5, 5.41) is 3.10. The van der Waals surface area contributed by atoms with Gasteiger partial charge >= 0.3 is 0 Å². The molecule has 1 spiro atoms. The molecule has 7 heteroatoms. The minimum atomic E-state index is -3.02. The number of carbonyl (C=O) groups is 1. The number of para-hydroxylation sites is 1. The Bertz CT molecular complexity index is 777. The predicted octanol–water partition coefficient (Wildman–Crippen LogP) is 1.09. The molecule has 0 bridgehead atoms. The Kier molecular flexibility index (Phi) is 4.24. The number of fused-ring (bicyclic) bond motifs is 1. The Morgan fingerprint density at radius 2 is 2.12 bits per heavy atom. The van der Waals surface area contributed by atoms with Crippen molar-refractivity contribution in [3.63, 3.8) is 0 Å². The molecule has 25 heavy (non-hydrogen) atoms. The average Bonchev–Trinajstić information content (AvgIpc) is 2.88. The van der Waals surface area contributed by atoms with Crippen molar-refractivity contribution in [3.8, 4) is 5.75 Å². The van der Waals surface area contributed by atoms with Crippen LogP contribution in [0.2, 0.25) is 0 Å². The molecule has 3 aliphatic heterocycles. The van der Waals surface area contributed by atoms with Gasteiger partial charge in [-0.2, -0.15) is 0 Å². The topological polar surface area (TPSA) is 81.7 Å². The van der Waals surface area contributed by atoms with Crippen LogP contribution in [0, 0.1) is 5.92 Å². The molecule has 0 aliphatic carbocycles. The number of sulfone groups is 1. The standard InChI is InChI=1S/C18H23NO5S/c20-17(14-9-13-3-1-2-4-16(13)23-11-14)19-15-5-7-24-18(10-15)6-8-25(21,22)12-18/h1-4,14-15H,5-12H2,(H,19,20). The molecule has 2 saturated heterocycles. The van der Waals surface area contributed by atoms with Crippen LogP contribution in [0.15, 0.2) is 24.3 Å². The van der Waals surface area contributed by atoms with Crippen LogP contribution < -0.4 is 10.1 Å². The third-order valence-electron chi connectivity index (χ3n) is 5.44. The van der Waals surface area contributed by atoms with Crippen LogP contribution in [0.3, 0.4) is 0 Å². The summed E-state index contributed by atoms with van der Waals surface area (Å²) in [6.07, 6.45) is 2.49. The fraction of sp³-hybridized carbons (Fsp3) is 0.611. The first-order chi connectivity index (χ1) is 11.9. The highest BCUT2D eigenvalue weighted by atomic mass is 32.2. The van der Waals surface area contributed by atoms with Crippen molar-refractivity contribution in [3.05, 3.63) is 29.8 Å². The Morgan fingerprint density at radius 3 is 2.92 bits per heavy atom. The van der Waals surface area contributed by atoms with Crippen LogP contribution in [0.5, 0.6) is 5.75 Å². The molecule has 136 valence electrons. The van der Waals surface area contributed by atoms with Gasteiger partial charge < -0.3 is 14.8 Å². The number of rotatable bonds is 2. The van der Waals surface area contributed by atoms with Crippen LogP contribution >= 0.6 is 0 Å². The van der Waals surface area contributed by atoms with Gasteiger partial charge in [-0.15, -0.1) is 0 Å². The summed E-state index contributed by atoms with van der Waals surface area (Å²) in [6.45, 7) is 0.871. The lowest BCUT2D eigenvalue weighted by Crippen LogP contribution is -2.51. The van der Waals surface area contributed by atoms with Crippen molar-refractivity contribution >= 4 is 15.7 Å². The van der Waals surface area contributed by atoms with Crippen molar-refractivity contribution in [2.75, 3.05) is 24.7 Å². The summed E-state index contributed by atoms with van der Waals surface area (Å²) in [6, 6.07) is 7.75. The van der Waals surface area contributed by atoms with Crippen LogP contribution in [0.4, 0.5) is 0 Å². The Morgan fingerprint density at radius 1 is 1.28 bits per heavy atom. The largest absolute Gasteiger partial charge is 0.492 e. The zero-order valence-corrected chi connectivity index (χ0v) is 14.9. The van der Waals surface area contributed by atoms with E-state index in [1.54, 1.807) is 0 Å². The van der Waals surface area contributed by atoms with Gasteiger partial charge in [0.1, 0.15) is 12.4 Å². The minimum Gasteiger partial charge on any atom is -0.492 e. The highest BCUT2D eigenvalue weighted by Crippen LogP contribution is 2.36. The molecular formula is C18H23NO5S. The molecule has 0 saturated carbocycles. The maximum Gasteiger partial charge on any atom is 0.227 e. The third-order valence-corrected chi connectivity index (χ3v) is 7.23. The van der Waals surface area contributed by atoms with Crippen molar-refractivity contribution in [1.29, 1.82) is 0 Å². The predicted molar refractivity (Wildman–Crippen MR) is 92.2 cm³/mol. The highest BCUT2D eigenvalue weighted by molar-refractivity contribution is 7.91. The Labute approximate surface area is 147 Å². The van der Waals surface area contributed by atoms with Crippen molar-refractivity contribution < 1.29 is 22.7 Å². The van der Waals surface area contributed by atoms with E-state index in [-0.39, 0.29) is 29.4 Å². The van der Waals surface area contributed by atoms with Crippen molar-refractivity contribution in [1.82, 2.24) is 5.32 Å². The van der Waals surface area contributed by atoms with E-state index in [0.717, 1.165) is 17.7 Å². The lowest BCUT2D eigenvalue weighted by atomic mass is 9.89. The molecular weight excluding hydrogens is 342 g/mol. The minimum absolute atomic E-state index is 0.0163. The van der Waals surface area contributed by atoms with Gasteiger partial charge in [-0.05, 0) is 37.3 Å². The molecule has 3 heterocycles. The number of amides is 1. The van der Waals surface area contributed by atoms with E-state index in [2.05, 4.69) is 5.32 Å². The quantitative estimate of drug-likeness (QED) is 0.848. The monoisotopic (exact) mass is 365 g/mol. The average molecular weight is 365 g/mol. The molecule has 2 fully saturated rings. The maximum atomic E-state index is 12.7. The Hall–Kier alpha value is -1.60. The Balaban J connectivity index is 1.38. The van der Waals surface area contributed by atoms with Gasteiger partial charge in [0, 0.05) is 12.6 Å². The van der Waals surface area contributed by atoms with Gasteiger partial charge in [-0.25, -0.2) is 8.42 Å². The zero-order chi connectivity index (χ0) is 17.5. The van der Waals surface area contributed by atoms with Crippen LogP contribution in [-0.2, 0) is 25.8 Å². The first kappa shape index (κ1) is 16.8. The van der Waals surface area contributed by atoms with Gasteiger partial charge in [-0.3, -0.25) is 4.79 Å². The fourth-order valence-corrected chi connectivity index (χ4v) is 6.10. The lowest BCUT2D eigenvalue weighted by molar-refractivity contribution is -0.129. The van der Waals surface area contributed by atoms with Gasteiger partial charge in [0.2, 0.25) is 5.91 Å². The highest BCUT2D eigenvalue weighted by Gasteiger charge is 2.47. The van der Waals surface area contributed by atoms with Crippen molar-refractivity contribution in [2.24, 2.45) is 5.92 Å². The lowest BCUT2D eigenvalue weighted by Gasteiger charge is -2.38. The zero-order valence-electron chi connectivity index (χ0n) is 14.1. The van der Waals surface area contributed by atoms with Gasteiger partial charge in [0.25, 0.3) is 0 Å². The van der Waals surface area contributed by atoms with Gasteiger partial charge in [0.15, 0.2) is 9.84 Å². The normalized spacial score (nSPS) is 33.4. The third kappa shape index (κ3) is 3.53. The number of ether oxygens (including phenoxy) is 2. The molecule has 1 aromatic rings. The summed E-state index contributed by atoms with van der Waals surface area (Å²) < 4.78 is 35.1. The molecule has 4 rings (SSSR count). The molecule has 1 N–H and O–H groups in total. The molecule has 1 amide bonds. The fourth-order valence-electron chi connectivity index (χ4n) is 4.13. The molecule has 3 aliphatic rings. The molecule has 0 aromatic heterocycles. The van der Waals surface area contributed by atoms with E-state index in [9.17, 15) is 13.2 Å². The summed E-state index contributed by atoms with van der Waals surface area (Å²) >= 11 is 0. The van der Waals surface area contributed by atoms with E-state index in [0.29, 0.717) is 32.5 Å². The van der Waals surface area contributed by atoms with Crippen LogP contribution in [0.1, 0.15) is 24.8 Å².